The maximum absolute atomic E-state index is 2.43. The number of fused-ring (bicyclic) bond motifs is 1. The second kappa shape index (κ2) is 5.12. The number of hydrogen-bond donors (Lipinski definition) is 0. The van der Waals surface area contributed by atoms with Crippen LogP contribution in [0, 0.1) is 26.2 Å². The molecule has 0 saturated heterocycles. The number of benzene rings is 2. The van der Waals surface area contributed by atoms with E-state index in [1.54, 1.807) is 0 Å². The van der Waals surface area contributed by atoms with Crippen LogP contribution >= 0.6 is 0 Å². The number of allylic oxidation sites excluding steroid dienone is 1. The van der Waals surface area contributed by atoms with Crippen LogP contribution < -0.4 is 0 Å². The normalized spacial score (nSPS) is 14.0. The molecule has 0 saturated carbocycles. The van der Waals surface area contributed by atoms with E-state index in [1.165, 1.54) is 44.5 Å². The molecule has 114 valence electrons. The first-order valence-electron chi connectivity index (χ1n) is 8.19. The molecule has 1 aliphatic rings. The van der Waals surface area contributed by atoms with Crippen molar-refractivity contribution < 1.29 is 0 Å². The van der Waals surface area contributed by atoms with Crippen LogP contribution in [0.5, 0.6) is 0 Å². The summed E-state index contributed by atoms with van der Waals surface area (Å²) in [5.41, 5.74) is 11.6. The van der Waals surface area contributed by atoms with E-state index in [2.05, 4.69) is 78.0 Å². The standard InChI is InChI=1S/C22H26/c1-14-10-11-19(16(3)15(14)2)20-9-7-8-17-12-18(13-21(17)20)22(4,5)6/h7-11,13H,12H2,1-6H3. The lowest BCUT2D eigenvalue weighted by molar-refractivity contribution is 0.498. The second-order valence-electron chi connectivity index (χ2n) is 7.65. The third-order valence-electron chi connectivity index (χ3n) is 5.21. The quantitative estimate of drug-likeness (QED) is 0.581. The molecule has 0 atom stereocenters. The predicted octanol–water partition coefficient (Wildman–Crippen LogP) is 6.26. The fourth-order valence-corrected chi connectivity index (χ4v) is 3.33. The third kappa shape index (κ3) is 2.41. The van der Waals surface area contributed by atoms with Crippen molar-refractivity contribution in [2.24, 2.45) is 5.41 Å². The van der Waals surface area contributed by atoms with Gasteiger partial charge in [0.25, 0.3) is 0 Å². The monoisotopic (exact) mass is 290 g/mol. The maximum Gasteiger partial charge on any atom is -0.00523 e. The Labute approximate surface area is 134 Å². The second-order valence-corrected chi connectivity index (χ2v) is 7.65. The van der Waals surface area contributed by atoms with Crippen molar-refractivity contribution in [3.63, 3.8) is 0 Å². The van der Waals surface area contributed by atoms with Gasteiger partial charge in [0.2, 0.25) is 0 Å². The minimum absolute atomic E-state index is 0.245. The summed E-state index contributed by atoms with van der Waals surface area (Å²) >= 11 is 0. The molecule has 0 aliphatic heterocycles. The van der Waals surface area contributed by atoms with Crippen LogP contribution in [0.25, 0.3) is 17.2 Å². The van der Waals surface area contributed by atoms with E-state index in [0.29, 0.717) is 0 Å². The Kier molecular flexibility index (Phi) is 3.51. The van der Waals surface area contributed by atoms with Crippen molar-refractivity contribution in [3.8, 4) is 11.1 Å². The Balaban J connectivity index is 2.19. The largest absolute Gasteiger partial charge is 0.0613 e. The zero-order valence-electron chi connectivity index (χ0n) is 14.7. The Hall–Kier alpha value is -1.82. The first-order valence-corrected chi connectivity index (χ1v) is 8.19. The van der Waals surface area contributed by atoms with E-state index in [1.807, 2.05) is 0 Å². The van der Waals surface area contributed by atoms with Crippen LogP contribution in [0.1, 0.15) is 48.6 Å². The first kappa shape index (κ1) is 15.1. The van der Waals surface area contributed by atoms with E-state index in [0.717, 1.165) is 6.42 Å². The van der Waals surface area contributed by atoms with Crippen molar-refractivity contribution in [1.82, 2.24) is 0 Å². The summed E-state index contributed by atoms with van der Waals surface area (Å²) < 4.78 is 0. The maximum atomic E-state index is 2.43. The zero-order chi connectivity index (χ0) is 16.1. The lowest BCUT2D eigenvalue weighted by Crippen LogP contribution is -2.08. The summed E-state index contributed by atoms with van der Waals surface area (Å²) in [5, 5.41) is 0. The van der Waals surface area contributed by atoms with Gasteiger partial charge < -0.3 is 0 Å². The molecule has 0 heteroatoms. The van der Waals surface area contributed by atoms with Crippen molar-refractivity contribution in [3.05, 3.63) is 63.7 Å². The van der Waals surface area contributed by atoms with Crippen LogP contribution in [0.4, 0.5) is 0 Å². The van der Waals surface area contributed by atoms with E-state index >= 15 is 0 Å². The van der Waals surface area contributed by atoms with Crippen LogP contribution in [0.15, 0.2) is 35.9 Å². The van der Waals surface area contributed by atoms with E-state index in [9.17, 15) is 0 Å². The summed E-state index contributed by atoms with van der Waals surface area (Å²) in [4.78, 5) is 0. The van der Waals surface area contributed by atoms with E-state index < -0.39 is 0 Å². The fourth-order valence-electron chi connectivity index (χ4n) is 3.33. The van der Waals surface area contributed by atoms with Gasteiger partial charge in [0, 0.05) is 0 Å². The molecule has 0 nitrogen and oxygen atoms in total. The van der Waals surface area contributed by atoms with Crippen molar-refractivity contribution >= 4 is 6.08 Å². The molecule has 1 aliphatic carbocycles. The molecule has 0 heterocycles. The molecule has 0 bridgehead atoms. The number of aryl methyl sites for hydroxylation is 1. The summed E-state index contributed by atoms with van der Waals surface area (Å²) in [6.45, 7) is 13.6. The SMILES string of the molecule is Cc1ccc(-c2cccc3c2C=C(C(C)(C)C)C3)c(C)c1C. The zero-order valence-corrected chi connectivity index (χ0v) is 14.7. The smallest absolute Gasteiger partial charge is 0.00523 e. The average Bonchev–Trinajstić information content (AvgIpc) is 2.89. The highest BCUT2D eigenvalue weighted by Crippen LogP contribution is 2.41. The lowest BCUT2D eigenvalue weighted by Gasteiger charge is -2.19. The Morgan fingerprint density at radius 3 is 2.23 bits per heavy atom. The Bertz CT molecular complexity index is 767. The van der Waals surface area contributed by atoms with Crippen molar-refractivity contribution in [2.75, 3.05) is 0 Å². The number of rotatable bonds is 1. The summed E-state index contributed by atoms with van der Waals surface area (Å²) in [6.07, 6.45) is 3.52. The van der Waals surface area contributed by atoms with E-state index in [-0.39, 0.29) is 5.41 Å². The molecule has 3 rings (SSSR count). The van der Waals surface area contributed by atoms with E-state index in [4.69, 9.17) is 0 Å². The van der Waals surface area contributed by atoms with Gasteiger partial charge >= 0.3 is 0 Å². The van der Waals surface area contributed by atoms with Crippen LogP contribution in [-0.4, -0.2) is 0 Å². The van der Waals surface area contributed by atoms with Gasteiger partial charge in [-0.3, -0.25) is 0 Å². The molecular weight excluding hydrogens is 264 g/mol. The van der Waals surface area contributed by atoms with Gasteiger partial charge in [-0.25, -0.2) is 0 Å². The van der Waals surface area contributed by atoms with Gasteiger partial charge in [-0.1, -0.05) is 62.8 Å². The topological polar surface area (TPSA) is 0 Å². The van der Waals surface area contributed by atoms with Gasteiger partial charge in [-0.2, -0.15) is 0 Å². The summed E-state index contributed by atoms with van der Waals surface area (Å²) in [6, 6.07) is 11.3. The molecule has 0 amide bonds. The fraction of sp³-hybridized carbons (Fsp3) is 0.364. The van der Waals surface area contributed by atoms with Gasteiger partial charge in [-0.15, -0.1) is 0 Å². The average molecular weight is 290 g/mol. The molecule has 2 aromatic carbocycles. The van der Waals surface area contributed by atoms with Crippen LogP contribution in [-0.2, 0) is 6.42 Å². The number of hydrogen-bond acceptors (Lipinski definition) is 0. The highest BCUT2D eigenvalue weighted by molar-refractivity contribution is 5.83. The lowest BCUT2D eigenvalue weighted by atomic mass is 9.85. The predicted molar refractivity (Wildman–Crippen MR) is 97.2 cm³/mol. The molecule has 22 heavy (non-hydrogen) atoms. The first-order chi connectivity index (χ1) is 10.3. The van der Waals surface area contributed by atoms with Crippen LogP contribution in [0.2, 0.25) is 0 Å². The molecule has 2 aromatic rings. The Morgan fingerprint density at radius 2 is 1.55 bits per heavy atom. The van der Waals surface area contributed by atoms with Gasteiger partial charge in [-0.05, 0) is 71.6 Å². The molecule has 0 N–H and O–H groups in total. The summed E-state index contributed by atoms with van der Waals surface area (Å²) in [5.74, 6) is 0. The van der Waals surface area contributed by atoms with Crippen LogP contribution in [0.3, 0.4) is 0 Å². The van der Waals surface area contributed by atoms with Gasteiger partial charge in [0.15, 0.2) is 0 Å². The molecule has 0 radical (unpaired) electrons. The highest BCUT2D eigenvalue weighted by atomic mass is 14.3. The minimum atomic E-state index is 0.245. The Morgan fingerprint density at radius 1 is 0.818 bits per heavy atom. The molecular formula is C22H26. The minimum Gasteiger partial charge on any atom is -0.0613 e. The van der Waals surface area contributed by atoms with Gasteiger partial charge in [0.1, 0.15) is 0 Å². The summed E-state index contributed by atoms with van der Waals surface area (Å²) in [7, 11) is 0. The van der Waals surface area contributed by atoms with Crippen molar-refractivity contribution in [2.45, 2.75) is 48.0 Å². The molecule has 0 unspecified atom stereocenters. The van der Waals surface area contributed by atoms with Crippen molar-refractivity contribution in [1.29, 1.82) is 0 Å². The molecule has 0 spiro atoms. The van der Waals surface area contributed by atoms with Gasteiger partial charge in [0.05, 0.1) is 0 Å². The highest BCUT2D eigenvalue weighted by Gasteiger charge is 2.24. The molecule has 0 fully saturated rings. The molecule has 0 aromatic heterocycles. The third-order valence-corrected chi connectivity index (χ3v) is 5.21.